The summed E-state index contributed by atoms with van der Waals surface area (Å²) in [5, 5.41) is 0. The van der Waals surface area contributed by atoms with Gasteiger partial charge in [0.2, 0.25) is 0 Å². The van der Waals surface area contributed by atoms with Gasteiger partial charge in [0, 0.05) is 0 Å². The number of benzene rings is 1. The monoisotopic (exact) mass is 227 g/mol. The summed E-state index contributed by atoms with van der Waals surface area (Å²) < 4.78 is 0. The molecule has 1 aromatic rings. The fourth-order valence-electron chi connectivity index (χ4n) is 4.31. The van der Waals surface area contributed by atoms with Crippen molar-refractivity contribution in [1.82, 2.24) is 0 Å². The fourth-order valence-corrected chi connectivity index (χ4v) is 4.31. The highest BCUT2D eigenvalue weighted by Crippen LogP contribution is 2.50. The van der Waals surface area contributed by atoms with E-state index in [4.69, 9.17) is 0 Å². The Hall–Kier alpha value is -0.780. The predicted octanol–water partition coefficient (Wildman–Crippen LogP) is 4.88. The molecule has 2 saturated carbocycles. The van der Waals surface area contributed by atoms with Gasteiger partial charge in [-0.15, -0.1) is 0 Å². The van der Waals surface area contributed by atoms with E-state index in [2.05, 4.69) is 30.3 Å². The highest BCUT2D eigenvalue weighted by Gasteiger charge is 2.41. The van der Waals surface area contributed by atoms with Crippen LogP contribution in [-0.4, -0.2) is 0 Å². The van der Waals surface area contributed by atoms with Crippen LogP contribution in [0.4, 0.5) is 0 Å². The van der Waals surface area contributed by atoms with Gasteiger partial charge in [-0.1, -0.05) is 56.4 Å². The largest absolute Gasteiger partial charge is 0.0579 e. The molecule has 0 atom stereocenters. The van der Waals surface area contributed by atoms with Gasteiger partial charge in [-0.3, -0.25) is 0 Å². The highest BCUT2D eigenvalue weighted by atomic mass is 14.5. The smallest absolute Gasteiger partial charge is 0.00187 e. The molecule has 0 amide bonds. The third-order valence-corrected chi connectivity index (χ3v) is 5.18. The van der Waals surface area contributed by atoms with E-state index < -0.39 is 0 Å². The van der Waals surface area contributed by atoms with Gasteiger partial charge in [0.25, 0.3) is 0 Å². The SMILES string of the molecule is [c]1ccc(C2(C3CCCC3)CCCCC2)cc1. The topological polar surface area (TPSA) is 0 Å². The van der Waals surface area contributed by atoms with Crippen molar-refractivity contribution in [3.05, 3.63) is 35.9 Å². The molecule has 0 spiro atoms. The molecule has 2 fully saturated rings. The van der Waals surface area contributed by atoms with Gasteiger partial charge in [0.05, 0.1) is 0 Å². The molecule has 0 heterocycles. The maximum Gasteiger partial charge on any atom is -0.00187 e. The molecule has 0 saturated heterocycles. The maximum absolute atomic E-state index is 3.18. The first-order valence-corrected chi connectivity index (χ1v) is 7.38. The minimum absolute atomic E-state index is 0.532. The predicted molar refractivity (Wildman–Crippen MR) is 72.0 cm³/mol. The van der Waals surface area contributed by atoms with Gasteiger partial charge in [-0.25, -0.2) is 0 Å². The standard InChI is InChI=1S/C17H23/c1-3-9-15(10-4-1)17(13-7-2-8-14-17)16-11-5-6-12-16/h3-4,9-10,16H,2,5-8,11-14H2. The lowest BCUT2D eigenvalue weighted by Gasteiger charge is -2.43. The molecule has 17 heavy (non-hydrogen) atoms. The quantitative estimate of drug-likeness (QED) is 0.675. The molecule has 0 bridgehead atoms. The molecule has 2 aliphatic carbocycles. The molecule has 1 aromatic carbocycles. The van der Waals surface area contributed by atoms with Crippen LogP contribution in [0.25, 0.3) is 0 Å². The zero-order valence-corrected chi connectivity index (χ0v) is 10.8. The van der Waals surface area contributed by atoms with Crippen molar-refractivity contribution >= 4 is 0 Å². The lowest BCUT2D eigenvalue weighted by Crippen LogP contribution is -2.36. The van der Waals surface area contributed by atoms with E-state index in [-0.39, 0.29) is 0 Å². The summed E-state index contributed by atoms with van der Waals surface area (Å²) in [6, 6.07) is 12.1. The Kier molecular flexibility index (Phi) is 3.22. The van der Waals surface area contributed by atoms with Crippen LogP contribution in [0.2, 0.25) is 0 Å². The Morgan fingerprint density at radius 3 is 2.18 bits per heavy atom. The summed E-state index contributed by atoms with van der Waals surface area (Å²) in [4.78, 5) is 0. The van der Waals surface area contributed by atoms with E-state index in [0.717, 1.165) is 5.92 Å². The van der Waals surface area contributed by atoms with Crippen LogP contribution >= 0.6 is 0 Å². The van der Waals surface area contributed by atoms with Crippen molar-refractivity contribution in [1.29, 1.82) is 0 Å². The van der Waals surface area contributed by atoms with Crippen LogP contribution < -0.4 is 0 Å². The second-order valence-electron chi connectivity index (χ2n) is 5.99. The molecule has 0 aromatic heterocycles. The molecule has 1 radical (unpaired) electrons. The third kappa shape index (κ3) is 2.03. The summed E-state index contributed by atoms with van der Waals surface area (Å²) in [7, 11) is 0. The average molecular weight is 227 g/mol. The molecule has 91 valence electrons. The van der Waals surface area contributed by atoms with Crippen LogP contribution in [0.1, 0.15) is 63.4 Å². The van der Waals surface area contributed by atoms with Crippen molar-refractivity contribution in [2.75, 3.05) is 0 Å². The molecule has 0 N–H and O–H groups in total. The zero-order chi connectivity index (χ0) is 11.6. The average Bonchev–Trinajstić information content (AvgIpc) is 2.95. The minimum Gasteiger partial charge on any atom is -0.0579 e. The second kappa shape index (κ2) is 4.84. The molecule has 3 rings (SSSR count). The normalized spacial score (nSPS) is 24.9. The second-order valence-corrected chi connectivity index (χ2v) is 5.99. The van der Waals surface area contributed by atoms with Crippen LogP contribution in [0.3, 0.4) is 0 Å². The Labute approximate surface area is 105 Å². The van der Waals surface area contributed by atoms with E-state index in [0.29, 0.717) is 5.41 Å². The molecule has 0 nitrogen and oxygen atoms in total. The van der Waals surface area contributed by atoms with E-state index >= 15 is 0 Å². The minimum atomic E-state index is 0.532. The maximum atomic E-state index is 3.18. The molecule has 2 aliphatic rings. The Morgan fingerprint density at radius 1 is 0.882 bits per heavy atom. The lowest BCUT2D eigenvalue weighted by atomic mass is 9.61. The van der Waals surface area contributed by atoms with Gasteiger partial charge in [-0.05, 0) is 48.6 Å². The molecule has 0 aliphatic heterocycles. The van der Waals surface area contributed by atoms with Gasteiger partial charge in [-0.2, -0.15) is 0 Å². The van der Waals surface area contributed by atoms with Crippen LogP contribution in [0.5, 0.6) is 0 Å². The van der Waals surface area contributed by atoms with Crippen molar-refractivity contribution in [3.63, 3.8) is 0 Å². The van der Waals surface area contributed by atoms with E-state index in [9.17, 15) is 0 Å². The van der Waals surface area contributed by atoms with Gasteiger partial charge < -0.3 is 0 Å². The summed E-state index contributed by atoms with van der Waals surface area (Å²) in [6.07, 6.45) is 13.1. The van der Waals surface area contributed by atoms with Crippen molar-refractivity contribution in [2.24, 2.45) is 5.92 Å². The summed E-state index contributed by atoms with van der Waals surface area (Å²) >= 11 is 0. The number of hydrogen-bond acceptors (Lipinski definition) is 0. The molecular weight excluding hydrogens is 204 g/mol. The Bertz CT molecular complexity index is 340. The number of rotatable bonds is 2. The molecular formula is C17H23. The summed E-state index contributed by atoms with van der Waals surface area (Å²) in [5.74, 6) is 0.963. The lowest BCUT2D eigenvalue weighted by molar-refractivity contribution is 0.192. The Balaban J connectivity index is 1.95. The molecule has 0 heteroatoms. The first-order chi connectivity index (χ1) is 8.42. The van der Waals surface area contributed by atoms with Crippen LogP contribution in [0, 0.1) is 12.0 Å². The zero-order valence-electron chi connectivity index (χ0n) is 10.8. The fraction of sp³-hybridized carbons (Fsp3) is 0.647. The van der Waals surface area contributed by atoms with Gasteiger partial charge >= 0.3 is 0 Å². The van der Waals surface area contributed by atoms with Gasteiger partial charge in [0.1, 0.15) is 0 Å². The van der Waals surface area contributed by atoms with E-state index in [1.807, 2.05) is 0 Å². The van der Waals surface area contributed by atoms with Gasteiger partial charge in [0.15, 0.2) is 0 Å². The van der Waals surface area contributed by atoms with E-state index in [1.165, 1.54) is 57.8 Å². The third-order valence-electron chi connectivity index (χ3n) is 5.18. The highest BCUT2D eigenvalue weighted by molar-refractivity contribution is 5.27. The number of hydrogen-bond donors (Lipinski definition) is 0. The molecule has 0 unspecified atom stereocenters. The summed E-state index contributed by atoms with van der Waals surface area (Å²) in [6.45, 7) is 0. The Morgan fingerprint density at radius 2 is 1.53 bits per heavy atom. The van der Waals surface area contributed by atoms with E-state index in [1.54, 1.807) is 5.56 Å². The van der Waals surface area contributed by atoms with Crippen molar-refractivity contribution in [2.45, 2.75) is 63.2 Å². The van der Waals surface area contributed by atoms with Crippen LogP contribution in [-0.2, 0) is 5.41 Å². The summed E-state index contributed by atoms with van der Waals surface area (Å²) in [5.41, 5.74) is 2.15. The van der Waals surface area contributed by atoms with Crippen molar-refractivity contribution < 1.29 is 0 Å². The first-order valence-electron chi connectivity index (χ1n) is 7.38. The van der Waals surface area contributed by atoms with Crippen molar-refractivity contribution in [3.8, 4) is 0 Å². The first kappa shape index (κ1) is 11.3. The van der Waals surface area contributed by atoms with Crippen LogP contribution in [0.15, 0.2) is 24.3 Å².